The van der Waals surface area contributed by atoms with E-state index in [-0.39, 0.29) is 29.6 Å². The van der Waals surface area contributed by atoms with Gasteiger partial charge in [-0.15, -0.1) is 0 Å². The van der Waals surface area contributed by atoms with Gasteiger partial charge in [-0.25, -0.2) is 13.2 Å². The number of carbonyl (C=O) groups is 1. The number of sulfone groups is 1. The molecule has 0 bridgehead atoms. The number of urea groups is 1. The standard InChI is InChI=1S/C14H19N3O3S/c18-14(16-12-5-9-21(19,20)10-12)17-8-1-2-13(17)11-3-6-15-7-4-11/h3-4,6-7,12-13H,1-2,5,8-10H2,(H,16,18)/t12-,13-/m1/s1. The second kappa shape index (κ2) is 5.63. The summed E-state index contributed by atoms with van der Waals surface area (Å²) in [5.41, 5.74) is 1.08. The van der Waals surface area contributed by atoms with Crippen molar-refractivity contribution in [3.8, 4) is 0 Å². The first-order valence-corrected chi connectivity index (χ1v) is 9.05. The zero-order chi connectivity index (χ0) is 14.9. The number of nitrogens with one attached hydrogen (secondary N) is 1. The van der Waals surface area contributed by atoms with Crippen LogP contribution in [0.4, 0.5) is 4.79 Å². The van der Waals surface area contributed by atoms with E-state index in [1.54, 1.807) is 17.3 Å². The van der Waals surface area contributed by atoms with E-state index in [4.69, 9.17) is 0 Å². The summed E-state index contributed by atoms with van der Waals surface area (Å²) in [6.07, 6.45) is 5.87. The molecule has 0 spiro atoms. The van der Waals surface area contributed by atoms with E-state index in [0.717, 1.165) is 18.4 Å². The third-order valence-electron chi connectivity index (χ3n) is 4.16. The normalized spacial score (nSPS) is 27.7. The molecule has 2 amide bonds. The maximum atomic E-state index is 12.4. The van der Waals surface area contributed by atoms with Crippen LogP contribution < -0.4 is 5.32 Å². The van der Waals surface area contributed by atoms with Gasteiger partial charge in [0.2, 0.25) is 0 Å². The number of rotatable bonds is 2. The van der Waals surface area contributed by atoms with Crippen molar-refractivity contribution in [2.24, 2.45) is 0 Å². The molecule has 6 nitrogen and oxygen atoms in total. The molecule has 2 aliphatic heterocycles. The Bertz CT molecular complexity index is 618. The molecule has 2 aliphatic rings. The van der Waals surface area contributed by atoms with Crippen molar-refractivity contribution in [1.29, 1.82) is 0 Å². The van der Waals surface area contributed by atoms with Crippen LogP contribution in [-0.4, -0.2) is 48.4 Å². The van der Waals surface area contributed by atoms with E-state index in [2.05, 4.69) is 10.3 Å². The predicted molar refractivity (Wildman–Crippen MR) is 78.5 cm³/mol. The molecule has 21 heavy (non-hydrogen) atoms. The van der Waals surface area contributed by atoms with Crippen molar-refractivity contribution < 1.29 is 13.2 Å². The lowest BCUT2D eigenvalue weighted by molar-refractivity contribution is 0.190. The minimum atomic E-state index is -2.97. The molecular formula is C14H19N3O3S. The van der Waals surface area contributed by atoms with Crippen molar-refractivity contribution >= 4 is 15.9 Å². The van der Waals surface area contributed by atoms with Gasteiger partial charge in [-0.05, 0) is 37.0 Å². The highest BCUT2D eigenvalue weighted by Crippen LogP contribution is 2.31. The number of amides is 2. The Labute approximate surface area is 124 Å². The number of hydrogen-bond acceptors (Lipinski definition) is 4. The zero-order valence-electron chi connectivity index (χ0n) is 11.7. The lowest BCUT2D eigenvalue weighted by atomic mass is 10.1. The van der Waals surface area contributed by atoms with Gasteiger partial charge in [-0.1, -0.05) is 0 Å². The number of hydrogen-bond donors (Lipinski definition) is 1. The van der Waals surface area contributed by atoms with Crippen molar-refractivity contribution in [3.05, 3.63) is 30.1 Å². The topological polar surface area (TPSA) is 79.4 Å². The number of likely N-dealkylation sites (tertiary alicyclic amines) is 1. The van der Waals surface area contributed by atoms with Crippen LogP contribution in [-0.2, 0) is 9.84 Å². The molecule has 2 atom stereocenters. The highest BCUT2D eigenvalue weighted by Gasteiger charge is 2.34. The molecule has 0 aliphatic carbocycles. The minimum absolute atomic E-state index is 0.0611. The number of carbonyl (C=O) groups excluding carboxylic acids is 1. The van der Waals surface area contributed by atoms with Crippen molar-refractivity contribution in [3.63, 3.8) is 0 Å². The summed E-state index contributed by atoms with van der Waals surface area (Å²) < 4.78 is 22.9. The maximum Gasteiger partial charge on any atom is 0.318 e. The predicted octanol–water partition coefficient (Wildman–Crippen LogP) is 1.12. The lowest BCUT2D eigenvalue weighted by Gasteiger charge is -2.26. The minimum Gasteiger partial charge on any atom is -0.334 e. The molecular weight excluding hydrogens is 290 g/mol. The molecule has 0 saturated carbocycles. The molecule has 0 unspecified atom stereocenters. The molecule has 2 saturated heterocycles. The first kappa shape index (κ1) is 14.3. The lowest BCUT2D eigenvalue weighted by Crippen LogP contribution is -2.45. The highest BCUT2D eigenvalue weighted by molar-refractivity contribution is 7.91. The zero-order valence-corrected chi connectivity index (χ0v) is 12.6. The first-order chi connectivity index (χ1) is 10.1. The van der Waals surface area contributed by atoms with Gasteiger partial charge >= 0.3 is 6.03 Å². The summed E-state index contributed by atoms with van der Waals surface area (Å²) in [5, 5.41) is 2.87. The monoisotopic (exact) mass is 309 g/mol. The Kier molecular flexibility index (Phi) is 3.84. The summed E-state index contributed by atoms with van der Waals surface area (Å²) in [5.74, 6) is 0.234. The van der Waals surface area contributed by atoms with Gasteiger partial charge < -0.3 is 10.2 Å². The summed E-state index contributed by atoms with van der Waals surface area (Å²) in [7, 11) is -2.97. The van der Waals surface area contributed by atoms with E-state index in [9.17, 15) is 13.2 Å². The van der Waals surface area contributed by atoms with E-state index < -0.39 is 9.84 Å². The van der Waals surface area contributed by atoms with E-state index >= 15 is 0 Å². The average Bonchev–Trinajstić information content (AvgIpc) is 3.06. The molecule has 1 N–H and O–H groups in total. The third-order valence-corrected chi connectivity index (χ3v) is 5.93. The van der Waals surface area contributed by atoms with E-state index in [0.29, 0.717) is 13.0 Å². The molecule has 3 heterocycles. The molecule has 2 fully saturated rings. The van der Waals surface area contributed by atoms with Gasteiger partial charge in [0.15, 0.2) is 9.84 Å². The Morgan fingerprint density at radius 1 is 1.29 bits per heavy atom. The summed E-state index contributed by atoms with van der Waals surface area (Å²) in [6, 6.07) is 3.51. The molecule has 1 aromatic rings. The highest BCUT2D eigenvalue weighted by atomic mass is 32.2. The Morgan fingerprint density at radius 3 is 2.71 bits per heavy atom. The Balaban J connectivity index is 1.67. The molecule has 0 aromatic carbocycles. The van der Waals surface area contributed by atoms with E-state index in [1.807, 2.05) is 12.1 Å². The molecule has 3 rings (SSSR count). The molecule has 7 heteroatoms. The van der Waals surface area contributed by atoms with Crippen LogP contribution in [0.1, 0.15) is 30.9 Å². The fourth-order valence-electron chi connectivity index (χ4n) is 3.11. The Hall–Kier alpha value is -1.63. The van der Waals surface area contributed by atoms with Gasteiger partial charge in [0.25, 0.3) is 0 Å². The number of nitrogens with zero attached hydrogens (tertiary/aromatic N) is 2. The van der Waals surface area contributed by atoms with Crippen LogP contribution in [0.5, 0.6) is 0 Å². The first-order valence-electron chi connectivity index (χ1n) is 7.23. The number of pyridine rings is 1. The van der Waals surface area contributed by atoms with Crippen LogP contribution in [0.25, 0.3) is 0 Å². The van der Waals surface area contributed by atoms with Crippen LogP contribution in [0.2, 0.25) is 0 Å². The maximum absolute atomic E-state index is 12.4. The Morgan fingerprint density at radius 2 is 2.05 bits per heavy atom. The van der Waals surface area contributed by atoms with Gasteiger partial charge in [-0.3, -0.25) is 4.98 Å². The molecule has 0 radical (unpaired) electrons. The largest absolute Gasteiger partial charge is 0.334 e. The van der Waals surface area contributed by atoms with E-state index in [1.165, 1.54) is 0 Å². The fourth-order valence-corrected chi connectivity index (χ4v) is 4.78. The SMILES string of the molecule is O=C(N[C@@H]1CCS(=O)(=O)C1)N1CCC[C@@H]1c1ccncc1. The summed E-state index contributed by atoms with van der Waals surface area (Å²) >= 11 is 0. The van der Waals surface area contributed by atoms with Crippen molar-refractivity contribution in [2.45, 2.75) is 31.3 Å². The third kappa shape index (κ3) is 3.18. The fraction of sp³-hybridized carbons (Fsp3) is 0.571. The summed E-state index contributed by atoms with van der Waals surface area (Å²) in [6.45, 7) is 0.707. The van der Waals surface area contributed by atoms with Gasteiger partial charge in [0.05, 0.1) is 17.5 Å². The molecule has 1 aromatic heterocycles. The van der Waals surface area contributed by atoms with Gasteiger partial charge in [0, 0.05) is 25.0 Å². The van der Waals surface area contributed by atoms with Gasteiger partial charge in [-0.2, -0.15) is 0 Å². The second-order valence-corrected chi connectivity index (χ2v) is 7.91. The second-order valence-electron chi connectivity index (χ2n) is 5.68. The number of aromatic nitrogens is 1. The van der Waals surface area contributed by atoms with Crippen LogP contribution in [0, 0.1) is 0 Å². The van der Waals surface area contributed by atoms with Crippen LogP contribution in [0.3, 0.4) is 0 Å². The van der Waals surface area contributed by atoms with Crippen molar-refractivity contribution in [1.82, 2.24) is 15.2 Å². The molecule has 114 valence electrons. The average molecular weight is 309 g/mol. The quantitative estimate of drug-likeness (QED) is 0.887. The van der Waals surface area contributed by atoms with Crippen LogP contribution in [0.15, 0.2) is 24.5 Å². The summed E-state index contributed by atoms with van der Waals surface area (Å²) in [4.78, 5) is 18.2. The van der Waals surface area contributed by atoms with Gasteiger partial charge in [0.1, 0.15) is 0 Å². The van der Waals surface area contributed by atoms with Crippen molar-refractivity contribution in [2.75, 3.05) is 18.1 Å². The van der Waals surface area contributed by atoms with Crippen LogP contribution >= 0.6 is 0 Å². The smallest absolute Gasteiger partial charge is 0.318 e.